The molecule has 17 heavy (non-hydrogen) atoms. The third-order valence-electron chi connectivity index (χ3n) is 3.94. The predicted molar refractivity (Wildman–Crippen MR) is 66.2 cm³/mol. The van der Waals surface area contributed by atoms with Crippen molar-refractivity contribution in [2.24, 2.45) is 0 Å². The van der Waals surface area contributed by atoms with Crippen molar-refractivity contribution < 1.29 is 0 Å². The van der Waals surface area contributed by atoms with E-state index < -0.39 is 0 Å². The van der Waals surface area contributed by atoms with Crippen molar-refractivity contribution in [3.05, 3.63) is 27.9 Å². The molecule has 0 radical (unpaired) electrons. The van der Waals surface area contributed by atoms with E-state index in [2.05, 4.69) is 15.3 Å². The highest BCUT2D eigenvalue weighted by molar-refractivity contribution is 5.12. The third-order valence-corrected chi connectivity index (χ3v) is 3.94. The summed E-state index contributed by atoms with van der Waals surface area (Å²) in [5, 5.41) is 3.44. The Morgan fingerprint density at radius 3 is 2.82 bits per heavy atom. The average molecular weight is 233 g/mol. The van der Waals surface area contributed by atoms with Gasteiger partial charge in [-0.05, 0) is 32.2 Å². The van der Waals surface area contributed by atoms with Crippen LogP contribution in [0.2, 0.25) is 0 Å². The second kappa shape index (κ2) is 4.61. The summed E-state index contributed by atoms with van der Waals surface area (Å²) in [6.45, 7) is 1.09. The van der Waals surface area contributed by atoms with E-state index in [4.69, 9.17) is 0 Å². The molecule has 4 nitrogen and oxygen atoms in total. The summed E-state index contributed by atoms with van der Waals surface area (Å²) in [5.74, 6) is 1.39. The summed E-state index contributed by atoms with van der Waals surface area (Å²) < 4.78 is 0. The first-order chi connectivity index (χ1) is 8.31. The minimum atomic E-state index is 0.00916. The van der Waals surface area contributed by atoms with Crippen LogP contribution in [0.25, 0.3) is 0 Å². The first-order valence-electron chi connectivity index (χ1n) is 6.65. The van der Waals surface area contributed by atoms with Crippen molar-refractivity contribution in [1.82, 2.24) is 15.3 Å². The number of hydrogen-bond donors (Lipinski definition) is 2. The molecule has 1 atom stereocenters. The molecule has 2 N–H and O–H groups in total. The average Bonchev–Trinajstić information content (AvgIpc) is 2.66. The highest BCUT2D eigenvalue weighted by Crippen LogP contribution is 2.34. The topological polar surface area (TPSA) is 57.8 Å². The van der Waals surface area contributed by atoms with Gasteiger partial charge < -0.3 is 10.3 Å². The maximum Gasteiger partial charge on any atom is 0.251 e. The van der Waals surface area contributed by atoms with Crippen molar-refractivity contribution >= 4 is 0 Å². The largest absolute Gasteiger partial charge is 0.314 e. The van der Waals surface area contributed by atoms with Crippen LogP contribution in [-0.2, 0) is 6.42 Å². The van der Waals surface area contributed by atoms with Gasteiger partial charge in [0.25, 0.3) is 5.56 Å². The van der Waals surface area contributed by atoms with Gasteiger partial charge in [-0.1, -0.05) is 6.42 Å². The zero-order valence-electron chi connectivity index (χ0n) is 10.0. The fourth-order valence-corrected chi connectivity index (χ4v) is 2.70. The first kappa shape index (κ1) is 11.0. The lowest BCUT2D eigenvalue weighted by Crippen LogP contribution is -2.27. The Morgan fingerprint density at radius 2 is 2.18 bits per heavy atom. The molecular weight excluding hydrogens is 214 g/mol. The molecule has 0 bridgehead atoms. The summed E-state index contributed by atoms with van der Waals surface area (Å²) in [4.78, 5) is 19.1. The van der Waals surface area contributed by atoms with Crippen LogP contribution in [0.4, 0.5) is 0 Å². The van der Waals surface area contributed by atoms with Crippen molar-refractivity contribution in [3.63, 3.8) is 0 Å². The molecule has 2 aliphatic rings. The molecule has 1 aromatic heterocycles. The monoisotopic (exact) mass is 233 g/mol. The molecule has 1 aliphatic heterocycles. The summed E-state index contributed by atoms with van der Waals surface area (Å²) in [6, 6.07) is 2.17. The van der Waals surface area contributed by atoms with E-state index in [0.29, 0.717) is 12.0 Å². The lowest BCUT2D eigenvalue weighted by molar-refractivity contribution is 0.408. The van der Waals surface area contributed by atoms with Gasteiger partial charge in [-0.15, -0.1) is 0 Å². The van der Waals surface area contributed by atoms with Crippen LogP contribution < -0.4 is 10.9 Å². The van der Waals surface area contributed by atoms with Gasteiger partial charge in [0.1, 0.15) is 5.82 Å². The van der Waals surface area contributed by atoms with Crippen LogP contribution >= 0.6 is 0 Å². The Morgan fingerprint density at radius 1 is 1.29 bits per heavy atom. The number of hydrogen-bond acceptors (Lipinski definition) is 3. The maximum absolute atomic E-state index is 11.6. The molecule has 2 fully saturated rings. The van der Waals surface area contributed by atoms with E-state index in [0.717, 1.165) is 24.5 Å². The second-order valence-electron chi connectivity index (χ2n) is 5.24. The quantitative estimate of drug-likeness (QED) is 0.828. The Labute approximate surface area is 101 Å². The van der Waals surface area contributed by atoms with E-state index in [1.807, 2.05) is 0 Å². The molecule has 92 valence electrons. The van der Waals surface area contributed by atoms with Crippen LogP contribution in [0.15, 0.2) is 10.9 Å². The fraction of sp³-hybridized carbons (Fsp3) is 0.692. The Bertz CT molecular complexity index is 444. The van der Waals surface area contributed by atoms with Crippen LogP contribution in [0.3, 0.4) is 0 Å². The van der Waals surface area contributed by atoms with Crippen molar-refractivity contribution in [2.45, 2.75) is 50.5 Å². The van der Waals surface area contributed by atoms with Gasteiger partial charge in [-0.3, -0.25) is 4.79 Å². The Balaban J connectivity index is 1.78. The number of H-pyrrole nitrogens is 1. The van der Waals surface area contributed by atoms with Gasteiger partial charge in [-0.2, -0.15) is 0 Å². The number of aromatic nitrogens is 2. The SMILES string of the molecule is O=c1cc(C2CCC2)nc(CC2CCCN2)[nH]1. The number of aromatic amines is 1. The van der Waals surface area contributed by atoms with E-state index in [9.17, 15) is 4.79 Å². The zero-order chi connectivity index (χ0) is 11.7. The lowest BCUT2D eigenvalue weighted by atomic mass is 9.83. The van der Waals surface area contributed by atoms with Crippen LogP contribution in [0, 0.1) is 0 Å². The molecular formula is C13H19N3O. The highest BCUT2D eigenvalue weighted by atomic mass is 16.1. The van der Waals surface area contributed by atoms with Crippen molar-refractivity contribution in [3.8, 4) is 0 Å². The summed E-state index contributed by atoms with van der Waals surface area (Å²) in [5.41, 5.74) is 1.02. The van der Waals surface area contributed by atoms with E-state index in [1.54, 1.807) is 6.07 Å². The van der Waals surface area contributed by atoms with Gasteiger partial charge in [0.05, 0.1) is 5.69 Å². The van der Waals surface area contributed by atoms with E-state index in [1.165, 1.54) is 32.1 Å². The normalized spacial score (nSPS) is 24.8. The van der Waals surface area contributed by atoms with Gasteiger partial charge in [0, 0.05) is 24.4 Å². The van der Waals surface area contributed by atoms with Gasteiger partial charge in [-0.25, -0.2) is 4.98 Å². The number of nitrogens with one attached hydrogen (secondary N) is 2. The van der Waals surface area contributed by atoms with Gasteiger partial charge >= 0.3 is 0 Å². The number of rotatable bonds is 3. The summed E-state index contributed by atoms with van der Waals surface area (Å²) in [6.07, 6.45) is 6.94. The van der Waals surface area contributed by atoms with E-state index in [-0.39, 0.29) is 5.56 Å². The second-order valence-corrected chi connectivity index (χ2v) is 5.24. The van der Waals surface area contributed by atoms with Crippen molar-refractivity contribution in [2.75, 3.05) is 6.54 Å². The standard InChI is InChI=1S/C13H19N3O/c17-13-8-11(9-3-1-4-9)15-12(16-13)7-10-5-2-6-14-10/h8-10,14H,1-7H2,(H,15,16,17). The maximum atomic E-state index is 11.6. The highest BCUT2D eigenvalue weighted by Gasteiger charge is 2.22. The fourth-order valence-electron chi connectivity index (χ4n) is 2.70. The molecule has 0 aromatic carbocycles. The van der Waals surface area contributed by atoms with Crippen molar-refractivity contribution in [1.29, 1.82) is 0 Å². The molecule has 0 amide bonds. The molecule has 1 saturated heterocycles. The minimum Gasteiger partial charge on any atom is -0.314 e. The Kier molecular flexibility index (Phi) is 2.97. The molecule has 1 aliphatic carbocycles. The number of nitrogens with zero attached hydrogens (tertiary/aromatic N) is 1. The van der Waals surface area contributed by atoms with Crippen LogP contribution in [-0.4, -0.2) is 22.6 Å². The third kappa shape index (κ3) is 2.41. The molecule has 0 spiro atoms. The summed E-state index contributed by atoms with van der Waals surface area (Å²) in [7, 11) is 0. The summed E-state index contributed by atoms with van der Waals surface area (Å²) >= 11 is 0. The van der Waals surface area contributed by atoms with Crippen LogP contribution in [0.5, 0.6) is 0 Å². The molecule has 1 aromatic rings. The van der Waals surface area contributed by atoms with Gasteiger partial charge in [0.15, 0.2) is 0 Å². The van der Waals surface area contributed by atoms with E-state index >= 15 is 0 Å². The first-order valence-corrected chi connectivity index (χ1v) is 6.65. The smallest absolute Gasteiger partial charge is 0.251 e. The zero-order valence-corrected chi connectivity index (χ0v) is 10.0. The lowest BCUT2D eigenvalue weighted by Gasteiger charge is -2.24. The van der Waals surface area contributed by atoms with Crippen LogP contribution in [0.1, 0.15) is 49.5 Å². The molecule has 4 heteroatoms. The molecule has 2 heterocycles. The predicted octanol–water partition coefficient (Wildman–Crippen LogP) is 1.33. The molecule has 1 unspecified atom stereocenters. The molecule has 1 saturated carbocycles. The van der Waals surface area contributed by atoms with Gasteiger partial charge in [0.2, 0.25) is 0 Å². The minimum absolute atomic E-state index is 0.00916. The molecule has 3 rings (SSSR count). The Hall–Kier alpha value is -1.16.